The van der Waals surface area contributed by atoms with Crippen molar-refractivity contribution in [1.29, 1.82) is 0 Å². The smallest absolute Gasteiger partial charge is 0.462 e. The average Bonchev–Trinajstić information content (AvgIpc) is 3.14. The standard InChI is InChI=1S/C25H25BClN3O4/c1-5-32-24(31)18-11-16(26-33-13-25(3,4)14-34-26)12-21-23(18)29-15(2)30(21)20-9-10-28-22-17(20)7-6-8-19(22)27/h6-12H,5,13-14H2,1-4H3. The molecule has 0 atom stereocenters. The van der Waals surface area contributed by atoms with Crippen LogP contribution in [0.4, 0.5) is 0 Å². The second-order valence-corrected chi connectivity index (χ2v) is 9.64. The molecule has 0 spiro atoms. The van der Waals surface area contributed by atoms with Crippen LogP contribution in [0.1, 0.15) is 37.0 Å². The van der Waals surface area contributed by atoms with Gasteiger partial charge in [0.2, 0.25) is 0 Å². The Hall–Kier alpha value is -2.94. The van der Waals surface area contributed by atoms with Crippen molar-refractivity contribution in [3.63, 3.8) is 0 Å². The van der Waals surface area contributed by atoms with Gasteiger partial charge in [-0.15, -0.1) is 0 Å². The highest BCUT2D eigenvalue weighted by Crippen LogP contribution is 2.31. The van der Waals surface area contributed by atoms with E-state index in [9.17, 15) is 4.79 Å². The Labute approximate surface area is 203 Å². The Kier molecular flexibility index (Phi) is 5.84. The van der Waals surface area contributed by atoms with E-state index >= 15 is 0 Å². The molecule has 4 aromatic rings. The minimum Gasteiger partial charge on any atom is -0.462 e. The second-order valence-electron chi connectivity index (χ2n) is 9.24. The van der Waals surface area contributed by atoms with Gasteiger partial charge in [-0.2, -0.15) is 0 Å². The van der Waals surface area contributed by atoms with E-state index in [4.69, 9.17) is 30.6 Å². The molecule has 0 aliphatic carbocycles. The molecule has 9 heteroatoms. The number of imidazole rings is 1. The van der Waals surface area contributed by atoms with Crippen molar-refractivity contribution in [1.82, 2.24) is 14.5 Å². The largest absolute Gasteiger partial charge is 0.494 e. The van der Waals surface area contributed by atoms with Crippen LogP contribution < -0.4 is 5.46 Å². The van der Waals surface area contributed by atoms with Gasteiger partial charge in [0.25, 0.3) is 0 Å². The first-order chi connectivity index (χ1) is 16.3. The summed E-state index contributed by atoms with van der Waals surface area (Å²) >= 11 is 6.42. The molecule has 5 rings (SSSR count). The van der Waals surface area contributed by atoms with Crippen LogP contribution >= 0.6 is 11.6 Å². The second kappa shape index (κ2) is 8.69. The minimum absolute atomic E-state index is 0.0713. The summed E-state index contributed by atoms with van der Waals surface area (Å²) in [5.74, 6) is 0.287. The fraction of sp³-hybridized carbons (Fsp3) is 0.320. The predicted molar refractivity (Wildman–Crippen MR) is 133 cm³/mol. The summed E-state index contributed by atoms with van der Waals surface area (Å²) in [6.45, 7) is 9.24. The molecule has 3 heterocycles. The minimum atomic E-state index is -0.585. The van der Waals surface area contributed by atoms with Gasteiger partial charge in [-0.05, 0) is 43.6 Å². The molecule has 1 aliphatic heterocycles. The highest BCUT2D eigenvalue weighted by atomic mass is 35.5. The first-order valence-corrected chi connectivity index (χ1v) is 11.6. The number of fused-ring (bicyclic) bond motifs is 2. The van der Waals surface area contributed by atoms with Gasteiger partial charge in [0.15, 0.2) is 0 Å². The third-order valence-electron chi connectivity index (χ3n) is 5.91. The molecule has 2 aromatic heterocycles. The van der Waals surface area contributed by atoms with Crippen molar-refractivity contribution in [3.05, 3.63) is 59.0 Å². The number of hydrogen-bond acceptors (Lipinski definition) is 6. The van der Waals surface area contributed by atoms with E-state index in [1.54, 1.807) is 19.2 Å². The SMILES string of the molecule is CCOC(=O)c1cc(B2OCC(C)(C)CO2)cc2c1nc(C)n2-c1ccnc2c(Cl)cccc12. The molecule has 2 aromatic carbocycles. The third kappa shape index (κ3) is 3.96. The number of nitrogens with zero attached hydrogens (tertiary/aromatic N) is 3. The van der Waals surface area contributed by atoms with Gasteiger partial charge in [-0.3, -0.25) is 9.55 Å². The number of esters is 1. The van der Waals surface area contributed by atoms with E-state index in [0.717, 1.165) is 27.9 Å². The number of halogens is 1. The normalized spacial score (nSPS) is 15.7. The highest BCUT2D eigenvalue weighted by molar-refractivity contribution is 6.62. The zero-order chi connectivity index (χ0) is 24.0. The highest BCUT2D eigenvalue weighted by Gasteiger charge is 2.35. The van der Waals surface area contributed by atoms with Gasteiger partial charge < -0.3 is 14.0 Å². The molecule has 0 N–H and O–H groups in total. The summed E-state index contributed by atoms with van der Waals surface area (Å²) in [7, 11) is -0.585. The summed E-state index contributed by atoms with van der Waals surface area (Å²) in [6.07, 6.45) is 1.72. The van der Waals surface area contributed by atoms with E-state index in [1.807, 2.05) is 41.8 Å². The molecule has 0 amide bonds. The molecule has 1 aliphatic rings. The van der Waals surface area contributed by atoms with E-state index < -0.39 is 13.1 Å². The Morgan fingerprint density at radius 1 is 1.21 bits per heavy atom. The lowest BCUT2D eigenvalue weighted by Gasteiger charge is -2.33. The molecule has 7 nitrogen and oxygen atoms in total. The lowest BCUT2D eigenvalue weighted by atomic mass is 9.75. The molecule has 0 saturated carbocycles. The number of carbonyl (C=O) groups excluding carboxylic acids is 1. The van der Waals surface area contributed by atoms with E-state index in [-0.39, 0.29) is 12.0 Å². The zero-order valence-corrected chi connectivity index (χ0v) is 20.3. The van der Waals surface area contributed by atoms with Crippen LogP contribution in [0.3, 0.4) is 0 Å². The van der Waals surface area contributed by atoms with Crippen LogP contribution in [-0.2, 0) is 14.0 Å². The van der Waals surface area contributed by atoms with E-state index in [0.29, 0.717) is 34.8 Å². The summed E-state index contributed by atoms with van der Waals surface area (Å²) in [4.78, 5) is 22.1. The summed E-state index contributed by atoms with van der Waals surface area (Å²) in [5, 5.41) is 1.45. The van der Waals surface area contributed by atoms with Gasteiger partial charge >= 0.3 is 13.1 Å². The van der Waals surface area contributed by atoms with Crippen LogP contribution in [0.25, 0.3) is 27.6 Å². The molecule has 0 unspecified atom stereocenters. The summed E-state index contributed by atoms with van der Waals surface area (Å²) in [6, 6.07) is 11.3. The fourth-order valence-corrected chi connectivity index (χ4v) is 4.55. The Bertz CT molecular complexity index is 1410. The van der Waals surface area contributed by atoms with Crippen LogP contribution in [0.15, 0.2) is 42.6 Å². The molecular weight excluding hydrogens is 453 g/mol. The van der Waals surface area contributed by atoms with Crippen molar-refractivity contribution < 1.29 is 18.8 Å². The first-order valence-electron chi connectivity index (χ1n) is 11.3. The number of benzene rings is 2. The van der Waals surface area contributed by atoms with Crippen molar-refractivity contribution in [2.75, 3.05) is 19.8 Å². The molecule has 34 heavy (non-hydrogen) atoms. The Morgan fingerprint density at radius 2 is 1.97 bits per heavy atom. The molecule has 0 bridgehead atoms. The van der Waals surface area contributed by atoms with E-state index in [1.165, 1.54) is 0 Å². The quantitative estimate of drug-likeness (QED) is 0.319. The number of hydrogen-bond donors (Lipinski definition) is 0. The number of ether oxygens (including phenoxy) is 1. The van der Waals surface area contributed by atoms with Crippen molar-refractivity contribution in [2.45, 2.75) is 27.7 Å². The van der Waals surface area contributed by atoms with Crippen LogP contribution in [0.5, 0.6) is 0 Å². The van der Waals surface area contributed by atoms with Gasteiger partial charge in [0.1, 0.15) is 11.3 Å². The lowest BCUT2D eigenvalue weighted by Crippen LogP contribution is -2.47. The van der Waals surface area contributed by atoms with Gasteiger partial charge in [-0.25, -0.2) is 9.78 Å². The van der Waals surface area contributed by atoms with Crippen molar-refractivity contribution in [3.8, 4) is 5.69 Å². The van der Waals surface area contributed by atoms with E-state index in [2.05, 4.69) is 18.8 Å². The monoisotopic (exact) mass is 477 g/mol. The topological polar surface area (TPSA) is 75.5 Å². The van der Waals surface area contributed by atoms with Crippen LogP contribution in [0.2, 0.25) is 5.02 Å². The fourth-order valence-electron chi connectivity index (χ4n) is 4.32. The maximum absolute atomic E-state index is 12.9. The first kappa shape index (κ1) is 22.8. The number of para-hydroxylation sites is 1. The van der Waals surface area contributed by atoms with Gasteiger partial charge in [0, 0.05) is 30.2 Å². The lowest BCUT2D eigenvalue weighted by molar-refractivity contribution is 0.0343. The number of rotatable bonds is 4. The molecular formula is C25H25BClN3O4. The number of carbonyl (C=O) groups is 1. The van der Waals surface area contributed by atoms with Gasteiger partial charge in [0.05, 0.1) is 33.9 Å². The predicted octanol–water partition coefficient (Wildman–Crippen LogP) is 4.48. The Balaban J connectivity index is 1.75. The maximum Gasteiger partial charge on any atom is 0.494 e. The molecule has 1 saturated heterocycles. The van der Waals surface area contributed by atoms with Crippen molar-refractivity contribution >= 4 is 52.1 Å². The Morgan fingerprint density at radius 3 is 2.71 bits per heavy atom. The molecule has 174 valence electrons. The zero-order valence-electron chi connectivity index (χ0n) is 19.6. The van der Waals surface area contributed by atoms with Crippen LogP contribution in [0, 0.1) is 12.3 Å². The summed E-state index contributed by atoms with van der Waals surface area (Å²) in [5.41, 5.74) is 3.92. The van der Waals surface area contributed by atoms with Crippen LogP contribution in [-0.4, -0.2) is 47.4 Å². The third-order valence-corrected chi connectivity index (χ3v) is 6.21. The number of aryl methyl sites for hydroxylation is 1. The van der Waals surface area contributed by atoms with Gasteiger partial charge in [-0.1, -0.05) is 37.6 Å². The summed E-state index contributed by atoms with van der Waals surface area (Å²) < 4.78 is 19.4. The van der Waals surface area contributed by atoms with Crippen molar-refractivity contribution in [2.24, 2.45) is 5.41 Å². The average molecular weight is 478 g/mol. The molecule has 1 fully saturated rings. The number of pyridine rings is 1. The molecule has 0 radical (unpaired) electrons. The number of aromatic nitrogens is 3. The maximum atomic E-state index is 12.9.